The van der Waals surface area contributed by atoms with Gasteiger partial charge in [-0.05, 0) is 26.8 Å². The zero-order valence-corrected chi connectivity index (χ0v) is 13.9. The number of hydrogen-bond donors (Lipinski definition) is 2. The minimum atomic E-state index is 0. The number of nitrogens with zero attached hydrogens (tertiary/aromatic N) is 1. The highest BCUT2D eigenvalue weighted by Gasteiger charge is 2.30. The summed E-state index contributed by atoms with van der Waals surface area (Å²) in [6.45, 7) is 10.4. The molecule has 5 nitrogen and oxygen atoms in total. The normalized spacial score (nSPS) is 23.6. The van der Waals surface area contributed by atoms with Gasteiger partial charge in [0.1, 0.15) is 0 Å². The minimum absolute atomic E-state index is 0. The fourth-order valence-electron chi connectivity index (χ4n) is 2.61. The summed E-state index contributed by atoms with van der Waals surface area (Å²) in [4.78, 5) is 14.4. The van der Waals surface area contributed by atoms with E-state index in [2.05, 4.69) is 29.4 Å². The Bertz CT molecular complexity index is 291. The zero-order chi connectivity index (χ0) is 13.0. The van der Waals surface area contributed by atoms with Crippen LogP contribution >= 0.6 is 24.8 Å². The minimum Gasteiger partial charge on any atom is -0.379 e. The van der Waals surface area contributed by atoms with Crippen LogP contribution in [0.5, 0.6) is 0 Å². The zero-order valence-electron chi connectivity index (χ0n) is 12.3. The molecule has 0 bridgehead atoms. The summed E-state index contributed by atoms with van der Waals surface area (Å²) in [5.41, 5.74) is 0.00543. The standard InChI is InChI=1S/C13H25N3O2.2ClH/c1-13(2,16-5-7-18-8-6-16)10-15-12(17)11-3-4-14-9-11;;/h11,14H,3-10H2,1-2H3,(H,15,17);2*1H. The van der Waals surface area contributed by atoms with E-state index in [1.807, 2.05) is 0 Å². The highest BCUT2D eigenvalue weighted by atomic mass is 35.5. The van der Waals surface area contributed by atoms with Gasteiger partial charge in [0.25, 0.3) is 0 Å². The van der Waals surface area contributed by atoms with Crippen molar-refractivity contribution in [2.45, 2.75) is 25.8 Å². The molecule has 2 heterocycles. The number of hydrogen-bond acceptors (Lipinski definition) is 4. The Labute approximate surface area is 134 Å². The predicted molar refractivity (Wildman–Crippen MR) is 85.0 cm³/mol. The van der Waals surface area contributed by atoms with Crippen molar-refractivity contribution in [2.24, 2.45) is 5.92 Å². The van der Waals surface area contributed by atoms with Crippen LogP contribution in [-0.4, -0.2) is 62.3 Å². The number of halogens is 2. The Morgan fingerprint density at radius 1 is 1.35 bits per heavy atom. The van der Waals surface area contributed by atoms with Crippen LogP contribution in [0.4, 0.5) is 0 Å². The molecule has 2 aliphatic rings. The monoisotopic (exact) mass is 327 g/mol. The van der Waals surface area contributed by atoms with Gasteiger partial charge in [-0.1, -0.05) is 0 Å². The maximum Gasteiger partial charge on any atom is 0.224 e. The van der Waals surface area contributed by atoms with Crippen LogP contribution in [0, 0.1) is 5.92 Å². The first kappa shape index (κ1) is 19.9. The van der Waals surface area contributed by atoms with E-state index < -0.39 is 0 Å². The van der Waals surface area contributed by atoms with Crippen LogP contribution in [0.1, 0.15) is 20.3 Å². The summed E-state index contributed by atoms with van der Waals surface area (Å²) in [5, 5.41) is 6.33. The second-order valence-corrected chi connectivity index (χ2v) is 5.82. The molecule has 0 aromatic carbocycles. The molecule has 0 aliphatic carbocycles. The maximum atomic E-state index is 12.0. The molecular weight excluding hydrogens is 301 g/mol. The van der Waals surface area contributed by atoms with Gasteiger partial charge in [0, 0.05) is 31.7 Å². The lowest BCUT2D eigenvalue weighted by Gasteiger charge is -2.41. The van der Waals surface area contributed by atoms with Crippen molar-refractivity contribution in [3.05, 3.63) is 0 Å². The smallest absolute Gasteiger partial charge is 0.224 e. The van der Waals surface area contributed by atoms with E-state index in [9.17, 15) is 4.79 Å². The SMILES string of the molecule is CC(C)(CNC(=O)C1CCNC1)N1CCOCC1.Cl.Cl. The number of carbonyl (C=O) groups excluding carboxylic acids is 1. The fourth-order valence-corrected chi connectivity index (χ4v) is 2.61. The topological polar surface area (TPSA) is 53.6 Å². The molecule has 1 atom stereocenters. The quantitative estimate of drug-likeness (QED) is 0.796. The van der Waals surface area contributed by atoms with Gasteiger partial charge in [0.15, 0.2) is 0 Å². The lowest BCUT2D eigenvalue weighted by Crippen LogP contribution is -2.55. The number of amides is 1. The summed E-state index contributed by atoms with van der Waals surface area (Å²) < 4.78 is 5.36. The van der Waals surface area contributed by atoms with Crippen LogP contribution in [-0.2, 0) is 9.53 Å². The summed E-state index contributed by atoms with van der Waals surface area (Å²) in [6, 6.07) is 0. The molecule has 0 radical (unpaired) electrons. The molecule has 2 rings (SSSR count). The molecule has 120 valence electrons. The van der Waals surface area contributed by atoms with Gasteiger partial charge in [0.05, 0.1) is 19.1 Å². The lowest BCUT2D eigenvalue weighted by atomic mass is 10.0. The molecule has 0 saturated carbocycles. The molecule has 1 amide bonds. The van der Waals surface area contributed by atoms with Gasteiger partial charge >= 0.3 is 0 Å². The van der Waals surface area contributed by atoms with Crippen molar-refractivity contribution >= 4 is 30.7 Å². The Morgan fingerprint density at radius 2 is 2.00 bits per heavy atom. The van der Waals surface area contributed by atoms with E-state index in [1.165, 1.54) is 0 Å². The van der Waals surface area contributed by atoms with Crippen molar-refractivity contribution in [3.8, 4) is 0 Å². The van der Waals surface area contributed by atoms with Crippen molar-refractivity contribution in [1.82, 2.24) is 15.5 Å². The highest BCUT2D eigenvalue weighted by Crippen LogP contribution is 2.16. The first-order chi connectivity index (χ1) is 8.59. The highest BCUT2D eigenvalue weighted by molar-refractivity contribution is 5.85. The van der Waals surface area contributed by atoms with Gasteiger partial charge in [-0.25, -0.2) is 0 Å². The van der Waals surface area contributed by atoms with E-state index >= 15 is 0 Å². The van der Waals surface area contributed by atoms with Gasteiger partial charge in [-0.15, -0.1) is 24.8 Å². The van der Waals surface area contributed by atoms with E-state index in [0.717, 1.165) is 45.8 Å². The predicted octanol–water partition coefficient (Wildman–Crippen LogP) is 0.666. The van der Waals surface area contributed by atoms with Gasteiger partial charge in [-0.2, -0.15) is 0 Å². The molecule has 0 aromatic rings. The molecule has 2 N–H and O–H groups in total. The molecule has 0 aromatic heterocycles. The maximum absolute atomic E-state index is 12.0. The Balaban J connectivity index is 0.00000180. The number of ether oxygens (including phenoxy) is 1. The first-order valence-electron chi connectivity index (χ1n) is 6.91. The van der Waals surface area contributed by atoms with Crippen LogP contribution < -0.4 is 10.6 Å². The average molecular weight is 328 g/mol. The van der Waals surface area contributed by atoms with E-state index in [0.29, 0.717) is 6.54 Å². The molecule has 0 spiro atoms. The third-order valence-electron chi connectivity index (χ3n) is 3.99. The third kappa shape index (κ3) is 5.37. The van der Waals surface area contributed by atoms with E-state index in [4.69, 9.17) is 4.74 Å². The molecule has 7 heteroatoms. The summed E-state index contributed by atoms with van der Waals surface area (Å²) in [5.74, 6) is 0.354. The van der Waals surface area contributed by atoms with E-state index in [1.54, 1.807) is 0 Å². The first-order valence-corrected chi connectivity index (χ1v) is 6.91. The van der Waals surface area contributed by atoms with E-state index in [-0.39, 0.29) is 42.2 Å². The third-order valence-corrected chi connectivity index (χ3v) is 3.99. The van der Waals surface area contributed by atoms with Crippen molar-refractivity contribution in [3.63, 3.8) is 0 Å². The van der Waals surface area contributed by atoms with Crippen molar-refractivity contribution in [2.75, 3.05) is 45.9 Å². The fraction of sp³-hybridized carbons (Fsp3) is 0.923. The molecule has 20 heavy (non-hydrogen) atoms. The molecule has 1 unspecified atom stereocenters. The van der Waals surface area contributed by atoms with Crippen LogP contribution in [0.3, 0.4) is 0 Å². The Morgan fingerprint density at radius 3 is 2.55 bits per heavy atom. The van der Waals surface area contributed by atoms with Crippen molar-refractivity contribution in [1.29, 1.82) is 0 Å². The molecule has 2 aliphatic heterocycles. The molecule has 2 fully saturated rings. The Hall–Kier alpha value is -0.0700. The molecular formula is C13H27Cl2N3O2. The van der Waals surface area contributed by atoms with Crippen molar-refractivity contribution < 1.29 is 9.53 Å². The largest absolute Gasteiger partial charge is 0.379 e. The second kappa shape index (κ2) is 9.05. The summed E-state index contributed by atoms with van der Waals surface area (Å²) >= 11 is 0. The summed E-state index contributed by atoms with van der Waals surface area (Å²) in [6.07, 6.45) is 0.962. The lowest BCUT2D eigenvalue weighted by molar-refractivity contribution is -0.125. The second-order valence-electron chi connectivity index (χ2n) is 5.82. The van der Waals surface area contributed by atoms with Gasteiger partial charge in [0.2, 0.25) is 5.91 Å². The number of morpholine rings is 1. The average Bonchev–Trinajstić information content (AvgIpc) is 2.91. The van der Waals surface area contributed by atoms with Crippen LogP contribution in [0.15, 0.2) is 0 Å². The van der Waals surface area contributed by atoms with Crippen LogP contribution in [0.2, 0.25) is 0 Å². The van der Waals surface area contributed by atoms with Crippen LogP contribution in [0.25, 0.3) is 0 Å². The van der Waals surface area contributed by atoms with Gasteiger partial charge in [-0.3, -0.25) is 9.69 Å². The molecule has 2 saturated heterocycles. The number of carbonyl (C=O) groups is 1. The van der Waals surface area contributed by atoms with Gasteiger partial charge < -0.3 is 15.4 Å². The number of rotatable bonds is 4. The summed E-state index contributed by atoms with van der Waals surface area (Å²) in [7, 11) is 0. The number of nitrogens with one attached hydrogen (secondary N) is 2. The Kier molecular flexibility index (Phi) is 9.02.